The number of ether oxygens (including phenoxy) is 1. The van der Waals surface area contributed by atoms with Crippen molar-refractivity contribution in [1.82, 2.24) is 0 Å². The fraction of sp³-hybridized carbons (Fsp3) is 0.333. The lowest BCUT2D eigenvalue weighted by atomic mass is 9.96. The van der Waals surface area contributed by atoms with Crippen LogP contribution in [0.4, 0.5) is 5.69 Å². The number of hydrogen-bond donors (Lipinski definition) is 1. The van der Waals surface area contributed by atoms with E-state index in [9.17, 15) is 9.59 Å². The first-order valence-electron chi connectivity index (χ1n) is 8.74. The Hall–Kier alpha value is -2.33. The first-order valence-corrected chi connectivity index (χ1v) is 9.12. The second-order valence-electron chi connectivity index (χ2n) is 6.96. The van der Waals surface area contributed by atoms with Crippen LogP contribution in [-0.2, 0) is 19.7 Å². The minimum Gasteiger partial charge on any atom is -0.455 e. The van der Waals surface area contributed by atoms with Crippen molar-refractivity contribution in [1.29, 1.82) is 0 Å². The molecule has 1 N–H and O–H groups in total. The van der Waals surface area contributed by atoms with Crippen molar-refractivity contribution < 1.29 is 14.3 Å². The molecule has 1 aliphatic rings. The molecule has 0 saturated heterocycles. The fourth-order valence-corrected chi connectivity index (χ4v) is 3.20. The van der Waals surface area contributed by atoms with Gasteiger partial charge in [0.15, 0.2) is 6.61 Å². The molecule has 0 spiro atoms. The molecule has 0 unspecified atom stereocenters. The zero-order chi connectivity index (χ0) is 18.7. The maximum absolute atomic E-state index is 12.5. The van der Waals surface area contributed by atoms with E-state index in [-0.39, 0.29) is 24.4 Å². The Bertz CT molecular complexity index is 810. The number of anilines is 1. The second kappa shape index (κ2) is 7.50. The van der Waals surface area contributed by atoms with E-state index in [1.165, 1.54) is 0 Å². The van der Waals surface area contributed by atoms with Gasteiger partial charge in [0, 0.05) is 10.7 Å². The molecule has 1 saturated carbocycles. The predicted octanol–water partition coefficient (Wildman–Crippen LogP) is 4.68. The van der Waals surface area contributed by atoms with Gasteiger partial charge in [0.2, 0.25) is 0 Å². The van der Waals surface area contributed by atoms with Crippen molar-refractivity contribution in [3.63, 3.8) is 0 Å². The van der Waals surface area contributed by atoms with Crippen LogP contribution < -0.4 is 5.32 Å². The Morgan fingerprint density at radius 1 is 1.12 bits per heavy atom. The fourth-order valence-electron chi connectivity index (χ4n) is 3.07. The number of amides is 1. The molecule has 0 atom stereocenters. The number of hydrogen-bond acceptors (Lipinski definition) is 3. The van der Waals surface area contributed by atoms with Crippen LogP contribution in [0.3, 0.4) is 0 Å². The number of para-hydroxylation sites is 1. The summed E-state index contributed by atoms with van der Waals surface area (Å²) in [5.74, 6) is -0.404. The molecular formula is C21H22ClNO3. The Kier molecular flexibility index (Phi) is 5.33. The van der Waals surface area contributed by atoms with Crippen molar-refractivity contribution in [3.05, 3.63) is 64.7 Å². The number of esters is 1. The smallest absolute Gasteiger partial charge is 0.317 e. The number of carbonyl (C=O) groups is 2. The standard InChI is InChI=1S/C21H22ClNO3/c1-14(2)17-5-3-4-6-18(17)23-19(24)13-26-20(25)21(11-12-21)15-7-9-16(22)10-8-15/h3-10,14H,11-13H2,1-2H3,(H,23,24). The Morgan fingerprint density at radius 3 is 2.38 bits per heavy atom. The van der Waals surface area contributed by atoms with E-state index in [0.29, 0.717) is 5.02 Å². The summed E-state index contributed by atoms with van der Waals surface area (Å²) in [6, 6.07) is 14.9. The first kappa shape index (κ1) is 18.5. The highest BCUT2D eigenvalue weighted by molar-refractivity contribution is 6.30. The van der Waals surface area contributed by atoms with Gasteiger partial charge in [-0.05, 0) is 48.1 Å². The number of nitrogens with one attached hydrogen (secondary N) is 1. The van der Waals surface area contributed by atoms with E-state index >= 15 is 0 Å². The number of halogens is 1. The molecule has 26 heavy (non-hydrogen) atoms. The summed E-state index contributed by atoms with van der Waals surface area (Å²) >= 11 is 5.91. The highest BCUT2D eigenvalue weighted by Gasteiger charge is 2.52. The molecule has 0 bridgehead atoms. The van der Waals surface area contributed by atoms with Gasteiger partial charge >= 0.3 is 5.97 Å². The Balaban J connectivity index is 1.60. The van der Waals surface area contributed by atoms with E-state index < -0.39 is 5.41 Å². The molecule has 1 amide bonds. The van der Waals surface area contributed by atoms with E-state index in [4.69, 9.17) is 16.3 Å². The normalized spacial score (nSPS) is 14.8. The van der Waals surface area contributed by atoms with Gasteiger partial charge in [0.05, 0.1) is 5.41 Å². The average Bonchev–Trinajstić information content (AvgIpc) is 3.42. The van der Waals surface area contributed by atoms with Crippen LogP contribution in [0, 0.1) is 0 Å². The first-order chi connectivity index (χ1) is 12.4. The summed E-state index contributed by atoms with van der Waals surface area (Å²) in [6.07, 6.45) is 1.45. The highest BCUT2D eigenvalue weighted by atomic mass is 35.5. The lowest BCUT2D eigenvalue weighted by molar-refractivity contribution is -0.150. The quantitative estimate of drug-likeness (QED) is 0.750. The van der Waals surface area contributed by atoms with Gasteiger partial charge in [-0.15, -0.1) is 0 Å². The molecule has 0 aliphatic heterocycles. The molecule has 3 rings (SSSR count). The van der Waals surface area contributed by atoms with Crippen molar-refractivity contribution in [2.75, 3.05) is 11.9 Å². The van der Waals surface area contributed by atoms with E-state index in [0.717, 1.165) is 29.7 Å². The van der Waals surface area contributed by atoms with Crippen molar-refractivity contribution in [2.45, 2.75) is 38.0 Å². The summed E-state index contributed by atoms with van der Waals surface area (Å²) in [4.78, 5) is 24.7. The van der Waals surface area contributed by atoms with Crippen LogP contribution in [0.15, 0.2) is 48.5 Å². The SMILES string of the molecule is CC(C)c1ccccc1NC(=O)COC(=O)C1(c2ccc(Cl)cc2)CC1. The van der Waals surface area contributed by atoms with Gasteiger partial charge < -0.3 is 10.1 Å². The molecule has 2 aromatic rings. The monoisotopic (exact) mass is 371 g/mol. The zero-order valence-corrected chi connectivity index (χ0v) is 15.7. The summed E-state index contributed by atoms with van der Waals surface area (Å²) in [7, 11) is 0. The highest BCUT2D eigenvalue weighted by Crippen LogP contribution is 2.49. The van der Waals surface area contributed by atoms with Crippen LogP contribution >= 0.6 is 11.6 Å². The van der Waals surface area contributed by atoms with Crippen LogP contribution in [0.1, 0.15) is 43.7 Å². The third kappa shape index (κ3) is 3.91. The molecule has 4 nitrogen and oxygen atoms in total. The number of rotatable bonds is 6. The molecular weight excluding hydrogens is 350 g/mol. The van der Waals surface area contributed by atoms with Crippen LogP contribution in [-0.4, -0.2) is 18.5 Å². The minimum absolute atomic E-state index is 0.286. The second-order valence-corrected chi connectivity index (χ2v) is 7.39. The lowest BCUT2D eigenvalue weighted by Gasteiger charge is -2.16. The van der Waals surface area contributed by atoms with Gasteiger partial charge in [-0.1, -0.05) is 55.8 Å². The Labute approximate surface area is 158 Å². The van der Waals surface area contributed by atoms with Crippen LogP contribution in [0.25, 0.3) is 0 Å². The molecule has 136 valence electrons. The Morgan fingerprint density at radius 2 is 1.77 bits per heavy atom. The van der Waals surface area contributed by atoms with Gasteiger partial charge in [-0.25, -0.2) is 0 Å². The van der Waals surface area contributed by atoms with Crippen LogP contribution in [0.2, 0.25) is 5.02 Å². The third-order valence-electron chi connectivity index (χ3n) is 4.73. The topological polar surface area (TPSA) is 55.4 Å². The predicted molar refractivity (Wildman–Crippen MR) is 102 cm³/mol. The maximum Gasteiger partial charge on any atom is 0.317 e. The number of benzene rings is 2. The summed E-state index contributed by atoms with van der Waals surface area (Å²) in [6.45, 7) is 3.84. The molecule has 0 heterocycles. The summed E-state index contributed by atoms with van der Waals surface area (Å²) in [5.41, 5.74) is 2.06. The molecule has 1 aliphatic carbocycles. The molecule has 2 aromatic carbocycles. The largest absolute Gasteiger partial charge is 0.455 e. The molecule has 5 heteroatoms. The maximum atomic E-state index is 12.5. The van der Waals surface area contributed by atoms with Gasteiger partial charge in [-0.2, -0.15) is 0 Å². The van der Waals surface area contributed by atoms with E-state index in [2.05, 4.69) is 19.2 Å². The summed E-state index contributed by atoms with van der Waals surface area (Å²) < 4.78 is 5.30. The van der Waals surface area contributed by atoms with Gasteiger partial charge in [0.1, 0.15) is 0 Å². The van der Waals surface area contributed by atoms with Crippen LogP contribution in [0.5, 0.6) is 0 Å². The molecule has 1 fully saturated rings. The van der Waals surface area contributed by atoms with Gasteiger partial charge in [0.25, 0.3) is 5.91 Å². The lowest BCUT2D eigenvalue weighted by Crippen LogP contribution is -2.28. The summed E-state index contributed by atoms with van der Waals surface area (Å²) in [5, 5.41) is 3.46. The third-order valence-corrected chi connectivity index (χ3v) is 4.98. The zero-order valence-electron chi connectivity index (χ0n) is 14.9. The number of carbonyl (C=O) groups excluding carboxylic acids is 2. The van der Waals surface area contributed by atoms with E-state index in [1.54, 1.807) is 12.1 Å². The average molecular weight is 372 g/mol. The van der Waals surface area contributed by atoms with E-state index in [1.807, 2.05) is 36.4 Å². The van der Waals surface area contributed by atoms with Gasteiger partial charge in [-0.3, -0.25) is 9.59 Å². The molecule has 0 radical (unpaired) electrons. The van der Waals surface area contributed by atoms with Crippen molar-refractivity contribution >= 4 is 29.2 Å². The molecule has 0 aromatic heterocycles. The minimum atomic E-state index is -0.624. The van der Waals surface area contributed by atoms with Crippen molar-refractivity contribution in [3.8, 4) is 0 Å². The van der Waals surface area contributed by atoms with Crippen molar-refractivity contribution in [2.24, 2.45) is 0 Å².